The van der Waals surface area contributed by atoms with Crippen LogP contribution in [0.3, 0.4) is 0 Å². The van der Waals surface area contributed by atoms with Gasteiger partial charge in [-0.3, -0.25) is 4.79 Å². The fourth-order valence-corrected chi connectivity index (χ4v) is 3.39. The maximum absolute atomic E-state index is 13.1. The zero-order valence-electron chi connectivity index (χ0n) is 15.3. The average Bonchev–Trinajstić information content (AvgIpc) is 2.60. The Balaban J connectivity index is 2.16. The van der Waals surface area contributed by atoms with Crippen LogP contribution in [-0.2, 0) is 11.0 Å². The van der Waals surface area contributed by atoms with Crippen molar-refractivity contribution >= 4 is 11.7 Å². The third kappa shape index (κ3) is 3.77. The van der Waals surface area contributed by atoms with Crippen LogP contribution in [0.2, 0.25) is 0 Å². The summed E-state index contributed by atoms with van der Waals surface area (Å²) in [5.41, 5.74) is -1.28. The molecule has 8 heteroatoms. The van der Waals surface area contributed by atoms with E-state index >= 15 is 0 Å². The largest absolute Gasteiger partial charge is 0.485 e. The maximum atomic E-state index is 13.1. The lowest BCUT2D eigenvalue weighted by atomic mass is 9.84. The highest BCUT2D eigenvalue weighted by Gasteiger charge is 2.46. The van der Waals surface area contributed by atoms with Crippen molar-refractivity contribution in [2.45, 2.75) is 37.8 Å². The molecule has 3 rings (SSSR count). The summed E-state index contributed by atoms with van der Waals surface area (Å²) in [5.74, 6) is -1.16. The number of anilines is 1. The third-order valence-electron chi connectivity index (χ3n) is 4.77. The molecule has 0 fully saturated rings. The lowest BCUT2D eigenvalue weighted by Gasteiger charge is -2.46. The first-order valence-corrected chi connectivity index (χ1v) is 8.62. The van der Waals surface area contributed by atoms with Crippen molar-refractivity contribution in [3.8, 4) is 5.75 Å². The molecule has 0 saturated heterocycles. The van der Waals surface area contributed by atoms with E-state index in [1.807, 2.05) is 0 Å². The van der Waals surface area contributed by atoms with Crippen LogP contribution in [0.5, 0.6) is 5.75 Å². The number of para-hydroxylation sites is 1. The summed E-state index contributed by atoms with van der Waals surface area (Å²) in [6, 6.07) is 10.7. The molecule has 2 atom stereocenters. The molecule has 0 radical (unpaired) electrons. The molecule has 2 aromatic rings. The van der Waals surface area contributed by atoms with E-state index in [-0.39, 0.29) is 5.75 Å². The van der Waals surface area contributed by atoms with E-state index in [0.29, 0.717) is 11.3 Å². The van der Waals surface area contributed by atoms with Crippen molar-refractivity contribution < 1.29 is 32.9 Å². The van der Waals surface area contributed by atoms with E-state index in [1.165, 1.54) is 11.0 Å². The Morgan fingerprint density at radius 2 is 1.82 bits per heavy atom. The highest BCUT2D eigenvalue weighted by Crippen LogP contribution is 2.46. The van der Waals surface area contributed by atoms with Gasteiger partial charge in [0.1, 0.15) is 24.0 Å². The van der Waals surface area contributed by atoms with Gasteiger partial charge in [0.25, 0.3) is 0 Å². The number of carboxylic acids is 1. The highest BCUT2D eigenvalue weighted by molar-refractivity contribution is 5.74. The van der Waals surface area contributed by atoms with Crippen molar-refractivity contribution in [1.82, 2.24) is 0 Å². The summed E-state index contributed by atoms with van der Waals surface area (Å²) >= 11 is 0. The number of carboxylic acid groups (broad SMARTS) is 1. The van der Waals surface area contributed by atoms with Gasteiger partial charge in [0.05, 0.1) is 11.6 Å². The van der Waals surface area contributed by atoms with Gasteiger partial charge in [0.15, 0.2) is 0 Å². The molecule has 0 amide bonds. The Morgan fingerprint density at radius 3 is 2.39 bits per heavy atom. The van der Waals surface area contributed by atoms with Crippen LogP contribution in [-0.4, -0.2) is 34.4 Å². The van der Waals surface area contributed by atoms with Crippen molar-refractivity contribution in [2.24, 2.45) is 0 Å². The van der Waals surface area contributed by atoms with Crippen LogP contribution in [0.15, 0.2) is 48.5 Å². The van der Waals surface area contributed by atoms with Crippen LogP contribution in [0.25, 0.3) is 0 Å². The molecule has 2 aromatic carbocycles. The maximum Gasteiger partial charge on any atom is 0.416 e. The molecule has 1 heterocycles. The van der Waals surface area contributed by atoms with Gasteiger partial charge in [-0.25, -0.2) is 0 Å². The molecule has 5 nitrogen and oxygen atoms in total. The fourth-order valence-electron chi connectivity index (χ4n) is 3.39. The molecule has 0 spiro atoms. The normalized spacial score (nSPS) is 20.8. The Kier molecular flexibility index (Phi) is 5.01. The first-order chi connectivity index (χ1) is 13.0. The lowest BCUT2D eigenvalue weighted by Crippen LogP contribution is -2.54. The molecule has 0 aliphatic carbocycles. The van der Waals surface area contributed by atoms with Crippen LogP contribution in [0.4, 0.5) is 18.9 Å². The van der Waals surface area contributed by atoms with Gasteiger partial charge in [0, 0.05) is 11.3 Å². The first-order valence-electron chi connectivity index (χ1n) is 8.62. The Morgan fingerprint density at radius 1 is 1.18 bits per heavy atom. The van der Waals surface area contributed by atoms with Crippen LogP contribution in [0.1, 0.15) is 31.0 Å². The number of aliphatic hydroxyl groups excluding tert-OH is 1. The minimum atomic E-state index is -4.55. The number of hydrogen-bond donors (Lipinski definition) is 2. The second-order valence-corrected chi connectivity index (χ2v) is 7.20. The summed E-state index contributed by atoms with van der Waals surface area (Å²) in [6.07, 6.45) is -5.73. The van der Waals surface area contributed by atoms with Gasteiger partial charge in [-0.2, -0.15) is 13.2 Å². The molecular formula is C20H20F3NO4. The minimum absolute atomic E-state index is 0.0264. The predicted octanol–water partition coefficient (Wildman–Crippen LogP) is 3.87. The summed E-state index contributed by atoms with van der Waals surface area (Å²) in [7, 11) is 0. The van der Waals surface area contributed by atoms with Crippen LogP contribution < -0.4 is 9.64 Å². The third-order valence-corrected chi connectivity index (χ3v) is 4.77. The van der Waals surface area contributed by atoms with Gasteiger partial charge in [0.2, 0.25) is 0 Å². The van der Waals surface area contributed by atoms with E-state index in [4.69, 9.17) is 4.74 Å². The quantitative estimate of drug-likeness (QED) is 0.823. The van der Waals surface area contributed by atoms with E-state index in [0.717, 1.165) is 12.1 Å². The standard InChI is InChI=1S/C20H20F3NO4/c1-19(2)18(27)17(24(11-16(25)26)13-6-4-3-5-7-13)14-9-8-12(20(21,22)23)10-15(14)28-19/h3-10,17-18,27H,11H2,1-2H3,(H,25,26)/t17-,18+/m0/s1. The molecule has 0 bridgehead atoms. The molecule has 0 aromatic heterocycles. The van der Waals surface area contributed by atoms with Gasteiger partial charge in [-0.1, -0.05) is 24.3 Å². The topological polar surface area (TPSA) is 70.0 Å². The lowest BCUT2D eigenvalue weighted by molar-refractivity contribution is -0.138. The number of aliphatic carboxylic acids is 1. The van der Waals surface area contributed by atoms with Crippen LogP contribution >= 0.6 is 0 Å². The van der Waals surface area contributed by atoms with Crippen molar-refractivity contribution in [3.63, 3.8) is 0 Å². The number of ether oxygens (including phenoxy) is 1. The number of halogens is 3. The fraction of sp³-hybridized carbons (Fsp3) is 0.350. The molecule has 1 aliphatic rings. The highest BCUT2D eigenvalue weighted by atomic mass is 19.4. The van der Waals surface area contributed by atoms with E-state index in [9.17, 15) is 28.2 Å². The summed E-state index contributed by atoms with van der Waals surface area (Å²) in [5, 5.41) is 20.3. The van der Waals surface area contributed by atoms with Crippen LogP contribution in [0, 0.1) is 0 Å². The predicted molar refractivity (Wildman–Crippen MR) is 96.3 cm³/mol. The number of nitrogens with zero attached hydrogens (tertiary/aromatic N) is 1. The zero-order chi connectivity index (χ0) is 20.7. The van der Waals surface area contributed by atoms with Crippen molar-refractivity contribution in [3.05, 3.63) is 59.7 Å². The van der Waals surface area contributed by atoms with Crippen molar-refractivity contribution in [1.29, 1.82) is 0 Å². The summed E-state index contributed by atoms with van der Waals surface area (Å²) < 4.78 is 45.0. The van der Waals surface area contributed by atoms with Gasteiger partial charge >= 0.3 is 12.1 Å². The number of aliphatic hydroxyl groups is 1. The number of alkyl halides is 3. The molecule has 2 N–H and O–H groups in total. The van der Waals surface area contributed by atoms with E-state index < -0.39 is 42.0 Å². The van der Waals surface area contributed by atoms with E-state index in [1.54, 1.807) is 44.2 Å². The Bertz CT molecular complexity index is 867. The van der Waals surface area contributed by atoms with E-state index in [2.05, 4.69) is 0 Å². The van der Waals surface area contributed by atoms with Gasteiger partial charge < -0.3 is 19.8 Å². The van der Waals surface area contributed by atoms with Gasteiger partial charge in [-0.15, -0.1) is 0 Å². The molecule has 150 valence electrons. The molecule has 28 heavy (non-hydrogen) atoms. The Hall–Kier alpha value is -2.74. The average molecular weight is 395 g/mol. The molecule has 0 saturated carbocycles. The number of hydrogen-bond acceptors (Lipinski definition) is 4. The second-order valence-electron chi connectivity index (χ2n) is 7.20. The minimum Gasteiger partial charge on any atom is -0.485 e. The molecular weight excluding hydrogens is 375 g/mol. The molecule has 1 aliphatic heterocycles. The van der Waals surface area contributed by atoms with Gasteiger partial charge in [-0.05, 0) is 38.1 Å². The monoisotopic (exact) mass is 395 g/mol. The molecule has 0 unspecified atom stereocenters. The SMILES string of the molecule is CC1(C)Oc2cc(C(F)(F)F)ccc2[C@H](N(CC(=O)O)c2ccccc2)[C@H]1O. The van der Waals surface area contributed by atoms with Crippen molar-refractivity contribution in [2.75, 3.05) is 11.4 Å². The number of benzene rings is 2. The zero-order valence-corrected chi connectivity index (χ0v) is 15.3. The number of carbonyl (C=O) groups is 1. The number of fused-ring (bicyclic) bond motifs is 1. The number of rotatable bonds is 4. The second kappa shape index (κ2) is 7.01. The Labute approximate surface area is 160 Å². The summed E-state index contributed by atoms with van der Waals surface area (Å²) in [4.78, 5) is 12.9. The first kappa shape index (κ1) is 20.0. The smallest absolute Gasteiger partial charge is 0.416 e. The summed E-state index contributed by atoms with van der Waals surface area (Å²) in [6.45, 7) is 2.66.